The van der Waals surface area contributed by atoms with Gasteiger partial charge in [-0.3, -0.25) is 9.69 Å². The van der Waals surface area contributed by atoms with Gasteiger partial charge in [0, 0.05) is 19.5 Å². The number of amides is 1. The average Bonchev–Trinajstić information content (AvgIpc) is 3.19. The molecular formula is C25H33N3O3S2. The molecule has 2 aromatic carbocycles. The largest absolute Gasteiger partial charge is 0.302 e. The van der Waals surface area contributed by atoms with Crippen LogP contribution < -0.4 is 4.90 Å². The number of fused-ring (bicyclic) bond motifs is 1. The molecule has 0 radical (unpaired) electrons. The number of benzene rings is 2. The van der Waals surface area contributed by atoms with Crippen molar-refractivity contribution in [3.05, 3.63) is 53.6 Å². The minimum absolute atomic E-state index is 0.0507. The van der Waals surface area contributed by atoms with Gasteiger partial charge in [-0.1, -0.05) is 43.4 Å². The van der Waals surface area contributed by atoms with Crippen molar-refractivity contribution in [2.75, 3.05) is 36.8 Å². The fourth-order valence-electron chi connectivity index (χ4n) is 3.69. The Morgan fingerprint density at radius 3 is 2.33 bits per heavy atom. The zero-order valence-corrected chi connectivity index (χ0v) is 21.5. The van der Waals surface area contributed by atoms with Gasteiger partial charge in [-0.15, -0.1) is 0 Å². The first-order valence-corrected chi connectivity index (χ1v) is 13.9. The molecular weight excluding hydrogens is 454 g/mol. The number of sulfone groups is 1. The Morgan fingerprint density at radius 1 is 1.00 bits per heavy atom. The third-order valence-electron chi connectivity index (χ3n) is 5.96. The van der Waals surface area contributed by atoms with Gasteiger partial charge in [0.15, 0.2) is 15.0 Å². The highest BCUT2D eigenvalue weighted by atomic mass is 32.2. The van der Waals surface area contributed by atoms with Gasteiger partial charge in [0.2, 0.25) is 5.91 Å². The summed E-state index contributed by atoms with van der Waals surface area (Å²) in [5, 5.41) is 0.679. The predicted molar refractivity (Wildman–Crippen MR) is 137 cm³/mol. The topological polar surface area (TPSA) is 70.6 Å². The zero-order valence-electron chi connectivity index (χ0n) is 19.9. The minimum atomic E-state index is -3.40. The number of hydrogen-bond acceptors (Lipinski definition) is 6. The second kappa shape index (κ2) is 11.2. The van der Waals surface area contributed by atoms with Crippen LogP contribution >= 0.6 is 11.3 Å². The molecule has 0 bridgehead atoms. The van der Waals surface area contributed by atoms with E-state index in [0.717, 1.165) is 29.9 Å². The van der Waals surface area contributed by atoms with Crippen LogP contribution in [0.5, 0.6) is 0 Å². The lowest BCUT2D eigenvalue weighted by Crippen LogP contribution is -2.38. The van der Waals surface area contributed by atoms with Crippen LogP contribution in [0.3, 0.4) is 0 Å². The van der Waals surface area contributed by atoms with Crippen LogP contribution in [0.1, 0.15) is 37.8 Å². The van der Waals surface area contributed by atoms with Crippen LogP contribution in [-0.4, -0.2) is 56.1 Å². The molecule has 0 aliphatic heterocycles. The van der Waals surface area contributed by atoms with Gasteiger partial charge in [0.1, 0.15) is 0 Å². The summed E-state index contributed by atoms with van der Waals surface area (Å²) < 4.78 is 26.2. The lowest BCUT2D eigenvalue weighted by molar-refractivity contribution is -0.118. The fourth-order valence-corrected chi connectivity index (χ4v) is 6.11. The number of likely N-dealkylation sites (N-methyl/N-ethyl adjacent to an activating group) is 1. The number of aryl methyl sites for hydroxylation is 2. The maximum atomic E-state index is 13.2. The van der Waals surface area contributed by atoms with E-state index < -0.39 is 9.84 Å². The normalized spacial score (nSPS) is 11.9. The molecule has 3 rings (SSSR count). The van der Waals surface area contributed by atoms with Gasteiger partial charge >= 0.3 is 0 Å². The van der Waals surface area contributed by atoms with Crippen molar-refractivity contribution < 1.29 is 13.2 Å². The Bertz CT molecular complexity index is 1150. The molecule has 0 saturated heterocycles. The highest BCUT2D eigenvalue weighted by molar-refractivity contribution is 7.91. The first-order chi connectivity index (χ1) is 15.7. The first kappa shape index (κ1) is 25.3. The summed E-state index contributed by atoms with van der Waals surface area (Å²) in [5.74, 6) is -0.136. The number of hydrogen-bond donors (Lipinski definition) is 0. The SMILES string of the molecule is CCN(CC)CCN(C(=O)CCCS(=O)(=O)c1ccccc1)c1nc2cc(C)c(C)cc2s1. The predicted octanol–water partition coefficient (Wildman–Crippen LogP) is 4.84. The smallest absolute Gasteiger partial charge is 0.228 e. The monoisotopic (exact) mass is 487 g/mol. The van der Waals surface area contributed by atoms with Crippen molar-refractivity contribution in [2.24, 2.45) is 0 Å². The number of carbonyl (C=O) groups is 1. The van der Waals surface area contributed by atoms with Crippen LogP contribution in [0.25, 0.3) is 10.2 Å². The molecule has 0 aliphatic rings. The standard InChI is InChI=1S/C25H33N3O3S2/c1-5-27(6-2)14-15-28(25-26-22-17-19(3)20(4)18-23(22)32-25)24(29)13-10-16-33(30,31)21-11-8-7-9-12-21/h7-9,11-12,17-18H,5-6,10,13-16H2,1-4H3. The molecule has 6 nitrogen and oxygen atoms in total. The number of thiazole rings is 1. The second-order valence-electron chi connectivity index (χ2n) is 8.21. The first-order valence-electron chi connectivity index (χ1n) is 11.4. The molecule has 0 aliphatic carbocycles. The molecule has 1 amide bonds. The van der Waals surface area contributed by atoms with Crippen molar-refractivity contribution >= 4 is 42.4 Å². The lowest BCUT2D eigenvalue weighted by atomic mass is 10.1. The van der Waals surface area contributed by atoms with E-state index in [0.29, 0.717) is 16.6 Å². The zero-order chi connectivity index (χ0) is 24.0. The summed E-state index contributed by atoms with van der Waals surface area (Å²) in [6, 6.07) is 12.6. The van der Waals surface area contributed by atoms with Crippen LogP contribution in [0.4, 0.5) is 5.13 Å². The molecule has 178 valence electrons. The van der Waals surface area contributed by atoms with Gasteiger partial charge in [-0.25, -0.2) is 13.4 Å². The van der Waals surface area contributed by atoms with Crippen LogP contribution in [0.2, 0.25) is 0 Å². The minimum Gasteiger partial charge on any atom is -0.302 e. The summed E-state index contributed by atoms with van der Waals surface area (Å²) in [7, 11) is -3.40. The lowest BCUT2D eigenvalue weighted by Gasteiger charge is -2.24. The maximum Gasteiger partial charge on any atom is 0.228 e. The molecule has 0 fully saturated rings. The Morgan fingerprint density at radius 2 is 1.67 bits per heavy atom. The Balaban J connectivity index is 1.76. The highest BCUT2D eigenvalue weighted by Gasteiger charge is 2.22. The average molecular weight is 488 g/mol. The third-order valence-corrected chi connectivity index (χ3v) is 8.82. The molecule has 0 N–H and O–H groups in total. The van der Waals surface area contributed by atoms with E-state index in [-0.39, 0.29) is 24.5 Å². The van der Waals surface area contributed by atoms with Crippen molar-refractivity contribution in [3.8, 4) is 0 Å². The van der Waals surface area contributed by atoms with Crippen molar-refractivity contribution in [3.63, 3.8) is 0 Å². The van der Waals surface area contributed by atoms with Gasteiger partial charge in [-0.05, 0) is 68.8 Å². The summed E-state index contributed by atoms with van der Waals surface area (Å²) in [4.78, 5) is 22.3. The van der Waals surface area contributed by atoms with Crippen LogP contribution in [0.15, 0.2) is 47.4 Å². The van der Waals surface area contributed by atoms with E-state index in [4.69, 9.17) is 4.98 Å². The van der Waals surface area contributed by atoms with Crippen LogP contribution in [-0.2, 0) is 14.6 Å². The molecule has 0 atom stereocenters. The molecule has 1 aromatic heterocycles. The van der Waals surface area contributed by atoms with E-state index >= 15 is 0 Å². The molecule has 1 heterocycles. The number of carbonyl (C=O) groups excluding carboxylic acids is 1. The van der Waals surface area contributed by atoms with E-state index in [1.807, 2.05) is 0 Å². The van der Waals surface area contributed by atoms with Crippen molar-refractivity contribution in [2.45, 2.75) is 45.4 Å². The summed E-state index contributed by atoms with van der Waals surface area (Å²) in [5.41, 5.74) is 3.27. The summed E-state index contributed by atoms with van der Waals surface area (Å²) in [6.45, 7) is 11.4. The number of aromatic nitrogens is 1. The highest BCUT2D eigenvalue weighted by Crippen LogP contribution is 2.31. The fraction of sp³-hybridized carbons (Fsp3) is 0.440. The molecule has 8 heteroatoms. The Labute approximate surface area is 201 Å². The van der Waals surface area contributed by atoms with Gasteiger partial charge in [-0.2, -0.15) is 0 Å². The number of nitrogens with zero attached hydrogens (tertiary/aromatic N) is 3. The van der Waals surface area contributed by atoms with Crippen molar-refractivity contribution in [1.29, 1.82) is 0 Å². The number of rotatable bonds is 11. The van der Waals surface area contributed by atoms with E-state index in [1.165, 1.54) is 22.5 Å². The Kier molecular flexibility index (Phi) is 8.62. The van der Waals surface area contributed by atoms with E-state index in [1.54, 1.807) is 35.2 Å². The third kappa shape index (κ3) is 6.40. The second-order valence-corrected chi connectivity index (χ2v) is 11.3. The molecule has 0 spiro atoms. The van der Waals surface area contributed by atoms with Gasteiger partial charge in [0.25, 0.3) is 0 Å². The Hall–Kier alpha value is -2.29. The molecule has 0 unspecified atom stereocenters. The van der Waals surface area contributed by atoms with Gasteiger partial charge in [0.05, 0.1) is 20.9 Å². The maximum absolute atomic E-state index is 13.2. The summed E-state index contributed by atoms with van der Waals surface area (Å²) in [6.07, 6.45) is 0.444. The summed E-state index contributed by atoms with van der Waals surface area (Å²) >= 11 is 1.52. The van der Waals surface area contributed by atoms with Crippen molar-refractivity contribution in [1.82, 2.24) is 9.88 Å². The molecule has 33 heavy (non-hydrogen) atoms. The molecule has 0 saturated carbocycles. The quantitative estimate of drug-likeness (QED) is 0.387. The van der Waals surface area contributed by atoms with Crippen LogP contribution in [0, 0.1) is 13.8 Å². The van der Waals surface area contributed by atoms with E-state index in [2.05, 4.69) is 44.7 Å². The number of anilines is 1. The van der Waals surface area contributed by atoms with E-state index in [9.17, 15) is 13.2 Å². The van der Waals surface area contributed by atoms with Gasteiger partial charge < -0.3 is 4.90 Å². The molecule has 3 aromatic rings.